The minimum absolute atomic E-state index is 0.0636. The quantitative estimate of drug-likeness (QED) is 0.170. The van der Waals surface area contributed by atoms with Crippen LogP contribution in [-0.2, 0) is 27.8 Å². The van der Waals surface area contributed by atoms with Gasteiger partial charge in [0.2, 0.25) is 15.9 Å². The minimum atomic E-state index is -3.46. The Morgan fingerprint density at radius 3 is 2.53 bits per heavy atom. The van der Waals surface area contributed by atoms with E-state index < -0.39 is 15.8 Å². The van der Waals surface area contributed by atoms with Gasteiger partial charge in [0.05, 0.1) is 47.2 Å². The van der Waals surface area contributed by atoms with Crippen molar-refractivity contribution in [2.24, 2.45) is 0 Å². The summed E-state index contributed by atoms with van der Waals surface area (Å²) in [7, 11) is -3.46. The van der Waals surface area contributed by atoms with Crippen LogP contribution in [0.4, 0.5) is 10.1 Å². The Labute approximate surface area is 267 Å². The third-order valence-corrected chi connectivity index (χ3v) is 8.07. The lowest BCUT2D eigenvalue weighted by Crippen LogP contribution is -2.21. The van der Waals surface area contributed by atoms with Crippen molar-refractivity contribution in [2.45, 2.75) is 13.0 Å². The number of pyridine rings is 3. The van der Waals surface area contributed by atoms with E-state index in [1.165, 1.54) is 12.1 Å². The average molecular weight is 648 g/mol. The molecule has 234 valence electrons. The molecular formula is C33H26FN9O3S. The van der Waals surface area contributed by atoms with Gasteiger partial charge in [0.15, 0.2) is 11.5 Å². The van der Waals surface area contributed by atoms with Gasteiger partial charge >= 0.3 is 0 Å². The number of H-pyrrole nitrogens is 2. The van der Waals surface area contributed by atoms with Crippen molar-refractivity contribution in [2.75, 3.05) is 11.6 Å². The molecule has 0 unspecified atom stereocenters. The molecule has 7 aromatic rings. The molecule has 4 N–H and O–H groups in total. The van der Waals surface area contributed by atoms with Crippen molar-refractivity contribution in [3.8, 4) is 33.8 Å². The summed E-state index contributed by atoms with van der Waals surface area (Å²) < 4.78 is 40.2. The summed E-state index contributed by atoms with van der Waals surface area (Å²) in [6, 6.07) is 17.5. The first-order chi connectivity index (χ1) is 22.7. The van der Waals surface area contributed by atoms with Crippen LogP contribution >= 0.6 is 0 Å². The highest BCUT2D eigenvalue weighted by atomic mass is 32.2. The molecule has 0 spiro atoms. The van der Waals surface area contributed by atoms with Crippen LogP contribution in [0.15, 0.2) is 91.6 Å². The summed E-state index contributed by atoms with van der Waals surface area (Å²) in [5.41, 5.74) is 6.63. The van der Waals surface area contributed by atoms with Crippen molar-refractivity contribution >= 4 is 43.7 Å². The molecule has 47 heavy (non-hydrogen) atoms. The maximum atomic E-state index is 14.6. The fourth-order valence-electron chi connectivity index (χ4n) is 5.27. The van der Waals surface area contributed by atoms with Gasteiger partial charge in [0.1, 0.15) is 11.5 Å². The van der Waals surface area contributed by atoms with Crippen molar-refractivity contribution in [3.05, 3.63) is 109 Å². The second-order valence-corrected chi connectivity index (χ2v) is 12.8. The molecule has 0 aliphatic heterocycles. The lowest BCUT2D eigenvalue weighted by Gasteiger charge is -2.08. The predicted molar refractivity (Wildman–Crippen MR) is 176 cm³/mol. The van der Waals surface area contributed by atoms with Gasteiger partial charge in [-0.15, -0.1) is 0 Å². The number of fused-ring (bicyclic) bond motifs is 2. The van der Waals surface area contributed by atoms with Crippen LogP contribution < -0.4 is 10.0 Å². The second kappa shape index (κ2) is 12.2. The van der Waals surface area contributed by atoms with Crippen molar-refractivity contribution in [1.82, 2.24) is 39.8 Å². The Morgan fingerprint density at radius 1 is 0.894 bits per heavy atom. The Kier molecular flexibility index (Phi) is 7.71. The zero-order valence-electron chi connectivity index (χ0n) is 24.8. The van der Waals surface area contributed by atoms with Crippen LogP contribution in [0.5, 0.6) is 0 Å². The molecule has 0 atom stereocenters. The van der Waals surface area contributed by atoms with Crippen LogP contribution in [0.2, 0.25) is 0 Å². The number of hydrogen-bond acceptors (Lipinski definition) is 8. The lowest BCUT2D eigenvalue weighted by atomic mass is 10.0. The molecule has 1 amide bonds. The van der Waals surface area contributed by atoms with E-state index >= 15 is 0 Å². The highest BCUT2D eigenvalue weighted by Crippen LogP contribution is 2.33. The molecule has 0 aliphatic carbocycles. The number of nitrogens with one attached hydrogen (secondary N) is 4. The highest BCUT2D eigenvalue weighted by Gasteiger charge is 2.18. The summed E-state index contributed by atoms with van der Waals surface area (Å²) in [5, 5.41) is 11.0. The molecule has 14 heteroatoms. The first-order valence-corrected chi connectivity index (χ1v) is 16.3. The van der Waals surface area contributed by atoms with Gasteiger partial charge in [-0.1, -0.05) is 30.3 Å². The van der Waals surface area contributed by atoms with Crippen LogP contribution in [0.3, 0.4) is 0 Å². The summed E-state index contributed by atoms with van der Waals surface area (Å²) in [6.07, 6.45) is 9.45. The first-order valence-electron chi connectivity index (χ1n) is 14.4. The Balaban J connectivity index is 1.20. The second-order valence-electron chi connectivity index (χ2n) is 11.0. The van der Waals surface area contributed by atoms with Crippen molar-refractivity contribution in [3.63, 3.8) is 0 Å². The fraction of sp³-hybridized carbons (Fsp3) is 0.0909. The van der Waals surface area contributed by atoms with Gasteiger partial charge in [-0.05, 0) is 47.0 Å². The summed E-state index contributed by atoms with van der Waals surface area (Å²) in [5.74, 6) is -0.235. The van der Waals surface area contributed by atoms with Crippen LogP contribution in [0.25, 0.3) is 55.8 Å². The number of hydrogen-bond donors (Lipinski definition) is 4. The van der Waals surface area contributed by atoms with E-state index in [4.69, 9.17) is 4.98 Å². The van der Waals surface area contributed by atoms with Gasteiger partial charge in [-0.25, -0.2) is 27.5 Å². The summed E-state index contributed by atoms with van der Waals surface area (Å²) >= 11 is 0. The maximum Gasteiger partial charge on any atom is 0.228 e. The van der Waals surface area contributed by atoms with E-state index in [1.807, 2.05) is 42.5 Å². The lowest BCUT2D eigenvalue weighted by molar-refractivity contribution is -0.115. The van der Waals surface area contributed by atoms with E-state index in [-0.39, 0.29) is 18.9 Å². The van der Waals surface area contributed by atoms with Gasteiger partial charge in [0.25, 0.3) is 0 Å². The molecule has 0 aliphatic rings. The van der Waals surface area contributed by atoms with E-state index in [0.717, 1.165) is 22.9 Å². The van der Waals surface area contributed by atoms with Crippen LogP contribution in [0.1, 0.15) is 11.1 Å². The van der Waals surface area contributed by atoms with E-state index in [9.17, 15) is 17.6 Å². The zero-order valence-corrected chi connectivity index (χ0v) is 25.6. The minimum Gasteiger partial charge on any atom is -0.335 e. The number of nitrogens with zero attached hydrogens (tertiary/aromatic N) is 5. The van der Waals surface area contributed by atoms with Crippen LogP contribution in [-0.4, -0.2) is 55.7 Å². The molecule has 0 bridgehead atoms. The smallest absolute Gasteiger partial charge is 0.228 e. The average Bonchev–Trinajstić information content (AvgIpc) is 3.68. The van der Waals surface area contributed by atoms with Crippen molar-refractivity contribution < 1.29 is 17.6 Å². The van der Waals surface area contributed by atoms with E-state index in [0.29, 0.717) is 56.0 Å². The number of sulfonamides is 1. The predicted octanol–water partition coefficient (Wildman–Crippen LogP) is 4.99. The molecule has 5 aromatic heterocycles. The zero-order chi connectivity index (χ0) is 32.5. The van der Waals surface area contributed by atoms with Gasteiger partial charge in [0, 0.05) is 41.8 Å². The van der Waals surface area contributed by atoms with E-state index in [2.05, 4.69) is 40.2 Å². The third kappa shape index (κ3) is 6.59. The van der Waals surface area contributed by atoms with Gasteiger partial charge < -0.3 is 10.3 Å². The van der Waals surface area contributed by atoms with Crippen molar-refractivity contribution in [1.29, 1.82) is 0 Å². The topological polar surface area (TPSA) is 171 Å². The number of imidazole rings is 1. The van der Waals surface area contributed by atoms with Crippen LogP contribution in [0, 0.1) is 5.82 Å². The standard InChI is InChI=1S/C33H26FN9O3S/c1-47(45,46)38-13-20-7-21(10-24(34)8-20)27-17-36-18-28-30(27)41-33(40-28)31-26-12-23(15-37-32(26)43-42-31)22-11-25(16-35-14-22)39-29(44)9-19-5-3-2-4-6-19/h2-8,10-12,14-18,38H,9,13H2,1H3,(H,39,44)(H,40,41)(H,37,42,43). The molecule has 2 aromatic carbocycles. The third-order valence-electron chi connectivity index (χ3n) is 7.40. The number of anilines is 1. The fourth-order valence-corrected chi connectivity index (χ4v) is 5.70. The Morgan fingerprint density at radius 2 is 1.70 bits per heavy atom. The molecule has 7 rings (SSSR count). The number of benzene rings is 2. The maximum absolute atomic E-state index is 14.6. The molecule has 5 heterocycles. The Hall–Kier alpha value is -5.86. The molecule has 0 saturated heterocycles. The molecular weight excluding hydrogens is 621 g/mol. The van der Waals surface area contributed by atoms with E-state index in [1.54, 1.807) is 37.1 Å². The number of carbonyl (C=O) groups is 1. The normalized spacial score (nSPS) is 11.7. The van der Waals surface area contributed by atoms with Gasteiger partial charge in [-0.3, -0.25) is 19.9 Å². The summed E-state index contributed by atoms with van der Waals surface area (Å²) in [4.78, 5) is 33.9. The largest absolute Gasteiger partial charge is 0.335 e. The number of aromatic nitrogens is 7. The number of amides is 1. The number of carbonyl (C=O) groups excluding carboxylic acids is 1. The Bertz CT molecular complexity index is 2390. The highest BCUT2D eigenvalue weighted by molar-refractivity contribution is 7.88. The molecule has 0 fully saturated rings. The van der Waals surface area contributed by atoms with Gasteiger partial charge in [-0.2, -0.15) is 5.10 Å². The number of aromatic amines is 2. The first kappa shape index (κ1) is 29.8. The molecule has 0 saturated carbocycles. The molecule has 12 nitrogen and oxygen atoms in total. The number of halogens is 1. The monoisotopic (exact) mass is 647 g/mol. The number of rotatable bonds is 9. The SMILES string of the molecule is CS(=O)(=O)NCc1cc(F)cc(-c2cncc3[nH]c(-c4n[nH]c5ncc(-c6cncc(NC(=O)Cc7ccccc7)c6)cc45)nc23)c1. The summed E-state index contributed by atoms with van der Waals surface area (Å²) in [6.45, 7) is -0.0636. The molecule has 0 radical (unpaired) electrons.